The number of aliphatic carboxylic acids is 1. The Bertz CT molecular complexity index is 735. The number of carboxylic acids is 1. The zero-order chi connectivity index (χ0) is 14.8. The van der Waals surface area contributed by atoms with Crippen molar-refractivity contribution in [3.05, 3.63) is 40.4 Å². The van der Waals surface area contributed by atoms with E-state index in [0.717, 1.165) is 17.9 Å². The first-order chi connectivity index (χ1) is 10.2. The molecule has 1 N–H and O–H groups in total. The lowest BCUT2D eigenvalue weighted by Crippen LogP contribution is -2.29. The molecule has 2 aromatic rings. The third-order valence-corrected chi connectivity index (χ3v) is 4.86. The maximum absolute atomic E-state index is 12.7. The fourth-order valence-electron chi connectivity index (χ4n) is 2.69. The molecule has 1 fully saturated rings. The molecule has 0 spiro atoms. The average molecular weight is 304 g/mol. The molecular formula is C15H16N2O3S. The predicted molar refractivity (Wildman–Crippen MR) is 82.9 cm³/mol. The molecule has 1 aromatic heterocycles. The van der Waals surface area contributed by atoms with Crippen molar-refractivity contribution in [3.63, 3.8) is 0 Å². The Morgan fingerprint density at radius 2 is 2.24 bits per heavy atom. The Hall–Kier alpha value is -1.82. The van der Waals surface area contributed by atoms with Gasteiger partial charge in [0.25, 0.3) is 5.56 Å². The number of aromatic nitrogens is 2. The lowest BCUT2D eigenvalue weighted by atomic mass is 10.2. The molecule has 0 amide bonds. The van der Waals surface area contributed by atoms with Crippen LogP contribution in [-0.4, -0.2) is 32.1 Å². The Morgan fingerprint density at radius 1 is 1.43 bits per heavy atom. The van der Waals surface area contributed by atoms with Crippen LogP contribution in [0.5, 0.6) is 0 Å². The maximum atomic E-state index is 12.7. The minimum absolute atomic E-state index is 0.00928. The Labute approximate surface area is 126 Å². The van der Waals surface area contributed by atoms with Crippen molar-refractivity contribution in [1.82, 2.24) is 9.55 Å². The number of carboxylic acid groups (broad SMARTS) is 1. The highest BCUT2D eigenvalue weighted by Crippen LogP contribution is 2.28. The van der Waals surface area contributed by atoms with Crippen molar-refractivity contribution in [1.29, 1.82) is 0 Å². The Kier molecular flexibility index (Phi) is 3.96. The summed E-state index contributed by atoms with van der Waals surface area (Å²) in [6, 6.07) is 7.38. The van der Waals surface area contributed by atoms with Gasteiger partial charge in [0.15, 0.2) is 0 Å². The molecule has 1 saturated heterocycles. The molecule has 1 unspecified atom stereocenters. The molecule has 1 atom stereocenters. The van der Waals surface area contributed by atoms with E-state index in [4.69, 9.17) is 5.11 Å². The number of nitrogens with zero attached hydrogens (tertiary/aromatic N) is 2. The molecule has 1 aromatic carbocycles. The third kappa shape index (κ3) is 2.81. The topological polar surface area (TPSA) is 72.2 Å². The van der Waals surface area contributed by atoms with E-state index in [1.165, 1.54) is 0 Å². The number of thioether (sulfide) groups is 1. The lowest BCUT2D eigenvalue weighted by molar-refractivity contribution is -0.137. The Balaban J connectivity index is 2.14. The van der Waals surface area contributed by atoms with E-state index in [1.54, 1.807) is 16.7 Å². The normalized spacial score (nSPS) is 18.2. The number of aryl methyl sites for hydroxylation is 1. The monoisotopic (exact) mass is 304 g/mol. The van der Waals surface area contributed by atoms with Crippen LogP contribution in [0.2, 0.25) is 0 Å². The van der Waals surface area contributed by atoms with E-state index in [9.17, 15) is 9.59 Å². The summed E-state index contributed by atoms with van der Waals surface area (Å²) in [5.41, 5.74) is 0.596. The number of hydrogen-bond donors (Lipinski definition) is 1. The van der Waals surface area contributed by atoms with Gasteiger partial charge in [0, 0.05) is 18.2 Å². The summed E-state index contributed by atoms with van der Waals surface area (Å²) in [5, 5.41) is 9.50. The van der Waals surface area contributed by atoms with Gasteiger partial charge in [-0.1, -0.05) is 12.1 Å². The highest BCUT2D eigenvalue weighted by atomic mass is 32.2. The summed E-state index contributed by atoms with van der Waals surface area (Å²) in [4.78, 5) is 28.1. The minimum Gasteiger partial charge on any atom is -0.481 e. The molecule has 0 bridgehead atoms. The number of para-hydroxylation sites is 1. The summed E-state index contributed by atoms with van der Waals surface area (Å²) in [7, 11) is 0. The van der Waals surface area contributed by atoms with Crippen LogP contribution >= 0.6 is 11.8 Å². The number of carbonyl (C=O) groups is 1. The maximum Gasteiger partial charge on any atom is 0.303 e. The predicted octanol–water partition coefficient (Wildman–Crippen LogP) is 2.09. The van der Waals surface area contributed by atoms with Crippen molar-refractivity contribution < 1.29 is 9.90 Å². The van der Waals surface area contributed by atoms with E-state index < -0.39 is 5.97 Å². The largest absolute Gasteiger partial charge is 0.481 e. The zero-order valence-electron chi connectivity index (χ0n) is 11.5. The first-order valence-electron chi connectivity index (χ1n) is 6.96. The second kappa shape index (κ2) is 5.89. The fourth-order valence-corrected chi connectivity index (χ4v) is 3.88. The molecule has 0 saturated carbocycles. The van der Waals surface area contributed by atoms with Gasteiger partial charge < -0.3 is 5.11 Å². The highest BCUT2D eigenvalue weighted by molar-refractivity contribution is 7.99. The number of hydrogen-bond acceptors (Lipinski definition) is 4. The third-order valence-electron chi connectivity index (χ3n) is 3.71. The summed E-state index contributed by atoms with van der Waals surface area (Å²) >= 11 is 1.82. The molecule has 0 aliphatic carbocycles. The average Bonchev–Trinajstić information content (AvgIpc) is 2.99. The van der Waals surface area contributed by atoms with E-state index in [2.05, 4.69) is 4.98 Å². The number of fused-ring (bicyclic) bond motifs is 1. The first-order valence-corrected chi connectivity index (χ1v) is 8.12. The van der Waals surface area contributed by atoms with E-state index in [0.29, 0.717) is 16.7 Å². The van der Waals surface area contributed by atoms with Crippen molar-refractivity contribution in [3.8, 4) is 0 Å². The summed E-state index contributed by atoms with van der Waals surface area (Å²) in [6.45, 7) is 0. The van der Waals surface area contributed by atoms with Crippen LogP contribution in [0.25, 0.3) is 10.9 Å². The minimum atomic E-state index is -0.871. The molecule has 21 heavy (non-hydrogen) atoms. The van der Waals surface area contributed by atoms with Crippen molar-refractivity contribution >= 4 is 28.6 Å². The molecule has 1 aliphatic heterocycles. The van der Waals surface area contributed by atoms with Gasteiger partial charge in [-0.3, -0.25) is 14.2 Å². The van der Waals surface area contributed by atoms with E-state index in [-0.39, 0.29) is 24.4 Å². The van der Waals surface area contributed by atoms with Gasteiger partial charge in [0.1, 0.15) is 5.82 Å². The van der Waals surface area contributed by atoms with Crippen LogP contribution < -0.4 is 5.56 Å². The van der Waals surface area contributed by atoms with Crippen molar-refractivity contribution in [2.75, 3.05) is 11.5 Å². The number of benzene rings is 1. The van der Waals surface area contributed by atoms with Gasteiger partial charge in [0.2, 0.25) is 0 Å². The molecule has 6 heteroatoms. The fraction of sp³-hybridized carbons (Fsp3) is 0.400. The second-order valence-corrected chi connectivity index (χ2v) is 6.28. The smallest absolute Gasteiger partial charge is 0.303 e. The van der Waals surface area contributed by atoms with Crippen LogP contribution in [0, 0.1) is 0 Å². The quantitative estimate of drug-likeness (QED) is 0.936. The number of rotatable bonds is 4. The van der Waals surface area contributed by atoms with Gasteiger partial charge in [-0.15, -0.1) is 0 Å². The van der Waals surface area contributed by atoms with Gasteiger partial charge in [-0.25, -0.2) is 4.98 Å². The summed E-state index contributed by atoms with van der Waals surface area (Å²) in [5.74, 6) is 1.64. The molecule has 1 aliphatic rings. The lowest BCUT2D eigenvalue weighted by Gasteiger charge is -2.18. The summed E-state index contributed by atoms with van der Waals surface area (Å²) in [6.07, 6.45) is 1.21. The zero-order valence-corrected chi connectivity index (χ0v) is 12.3. The van der Waals surface area contributed by atoms with Gasteiger partial charge in [-0.2, -0.15) is 11.8 Å². The molecular weight excluding hydrogens is 288 g/mol. The van der Waals surface area contributed by atoms with E-state index in [1.807, 2.05) is 23.9 Å². The molecule has 5 nitrogen and oxygen atoms in total. The van der Waals surface area contributed by atoms with Crippen LogP contribution in [0.1, 0.15) is 24.7 Å². The van der Waals surface area contributed by atoms with Gasteiger partial charge in [0.05, 0.1) is 17.3 Å². The van der Waals surface area contributed by atoms with Gasteiger partial charge in [-0.05, 0) is 24.3 Å². The van der Waals surface area contributed by atoms with Crippen LogP contribution in [-0.2, 0) is 11.2 Å². The first kappa shape index (κ1) is 14.1. The van der Waals surface area contributed by atoms with E-state index >= 15 is 0 Å². The highest BCUT2D eigenvalue weighted by Gasteiger charge is 2.23. The second-order valence-electron chi connectivity index (χ2n) is 5.13. The molecule has 3 rings (SSSR count). The standard InChI is InChI=1S/C15H16N2O3S/c18-14(19)6-5-13-16-12-4-2-1-3-11(12)15(20)17(13)10-7-8-21-9-10/h1-4,10H,5-9H2,(H,18,19). The van der Waals surface area contributed by atoms with Crippen molar-refractivity contribution in [2.45, 2.75) is 25.3 Å². The SMILES string of the molecule is O=C(O)CCc1nc2ccccc2c(=O)n1C1CCSC1. The van der Waals surface area contributed by atoms with Crippen LogP contribution in [0.3, 0.4) is 0 Å². The molecule has 110 valence electrons. The van der Waals surface area contributed by atoms with Gasteiger partial charge >= 0.3 is 5.97 Å². The van der Waals surface area contributed by atoms with Crippen LogP contribution in [0.4, 0.5) is 0 Å². The van der Waals surface area contributed by atoms with Crippen LogP contribution in [0.15, 0.2) is 29.1 Å². The summed E-state index contributed by atoms with van der Waals surface area (Å²) < 4.78 is 1.73. The Morgan fingerprint density at radius 3 is 2.95 bits per heavy atom. The molecule has 0 radical (unpaired) electrons. The van der Waals surface area contributed by atoms with Crippen molar-refractivity contribution in [2.24, 2.45) is 0 Å². The molecule has 2 heterocycles.